The molecule has 8 heteroatoms. The average molecular weight is 504 g/mol. The zero-order valence-corrected chi connectivity index (χ0v) is 20.1. The van der Waals surface area contributed by atoms with E-state index in [4.69, 9.17) is 20.8 Å². The maximum Gasteiger partial charge on any atom is 0.359 e. The summed E-state index contributed by atoms with van der Waals surface area (Å²) in [7, 11) is 0. The van der Waals surface area contributed by atoms with Crippen LogP contribution in [0.15, 0.2) is 88.1 Å². The van der Waals surface area contributed by atoms with Crippen molar-refractivity contribution in [2.75, 3.05) is 6.61 Å². The third-order valence-corrected chi connectivity index (χ3v) is 5.94. The molecule has 36 heavy (non-hydrogen) atoms. The van der Waals surface area contributed by atoms with Gasteiger partial charge in [-0.05, 0) is 19.1 Å². The fourth-order valence-corrected chi connectivity index (χ4v) is 4.17. The molecule has 0 N–H and O–H groups in total. The number of aromatic nitrogens is 1. The Balaban J connectivity index is 1.87. The molecule has 1 aromatic heterocycles. The summed E-state index contributed by atoms with van der Waals surface area (Å²) in [5.74, 6) is -4.44. The molecule has 0 spiro atoms. The van der Waals surface area contributed by atoms with Crippen molar-refractivity contribution in [1.82, 2.24) is 4.98 Å². The van der Waals surface area contributed by atoms with Crippen LogP contribution in [0.4, 0.5) is 0 Å². The van der Waals surface area contributed by atoms with E-state index in [-0.39, 0.29) is 41.2 Å². The summed E-state index contributed by atoms with van der Waals surface area (Å²) in [5, 5.41) is 0.340. The number of hydrogen-bond donors (Lipinski definition) is 0. The Kier molecular flexibility index (Phi) is 7.71. The Morgan fingerprint density at radius 3 is 2.22 bits per heavy atom. The predicted molar refractivity (Wildman–Crippen MR) is 134 cm³/mol. The van der Waals surface area contributed by atoms with E-state index in [0.717, 1.165) is 0 Å². The lowest BCUT2D eigenvalue weighted by Gasteiger charge is -2.23. The van der Waals surface area contributed by atoms with Gasteiger partial charge in [0.2, 0.25) is 0 Å². The standard InChI is InChI=1S/C28H22ClNO6/c1-2-35-27(33)24(25-28(34)36-23-15-19(29)13-14-21(23)30-25)20(26(32)18-11-7-4-8-12-18)16-22(31)17-9-5-3-6-10-17/h3-15,20,24H,2,16H2,1H3. The molecule has 0 saturated heterocycles. The minimum atomic E-state index is -1.47. The second-order valence-corrected chi connectivity index (χ2v) is 8.49. The highest BCUT2D eigenvalue weighted by Crippen LogP contribution is 2.32. The first-order valence-corrected chi connectivity index (χ1v) is 11.7. The summed E-state index contributed by atoms with van der Waals surface area (Å²) in [5.41, 5.74) is -0.165. The largest absolute Gasteiger partial charge is 0.465 e. The van der Waals surface area contributed by atoms with E-state index in [2.05, 4.69) is 4.98 Å². The van der Waals surface area contributed by atoms with Crippen molar-refractivity contribution >= 4 is 40.2 Å². The molecule has 7 nitrogen and oxygen atoms in total. The Bertz CT molecular complexity index is 1470. The topological polar surface area (TPSA) is 104 Å². The SMILES string of the molecule is CCOC(=O)C(c1nc2ccc(Cl)cc2oc1=O)C(CC(=O)c1ccccc1)C(=O)c1ccccc1. The molecule has 0 aliphatic heterocycles. The Morgan fingerprint density at radius 1 is 0.944 bits per heavy atom. The highest BCUT2D eigenvalue weighted by atomic mass is 35.5. The first kappa shape index (κ1) is 25.0. The van der Waals surface area contributed by atoms with E-state index >= 15 is 0 Å². The van der Waals surface area contributed by atoms with Crippen molar-refractivity contribution in [2.45, 2.75) is 19.3 Å². The molecule has 2 unspecified atom stereocenters. The van der Waals surface area contributed by atoms with E-state index in [1.54, 1.807) is 73.7 Å². The third kappa shape index (κ3) is 5.42. The Morgan fingerprint density at radius 2 is 1.58 bits per heavy atom. The molecule has 3 aromatic carbocycles. The van der Waals surface area contributed by atoms with E-state index in [9.17, 15) is 19.2 Å². The smallest absolute Gasteiger partial charge is 0.359 e. The lowest BCUT2D eigenvalue weighted by Crippen LogP contribution is -2.35. The molecule has 4 aromatic rings. The molecule has 4 rings (SSSR count). The van der Waals surface area contributed by atoms with E-state index in [1.165, 1.54) is 12.1 Å². The zero-order valence-electron chi connectivity index (χ0n) is 19.3. The van der Waals surface area contributed by atoms with Crippen LogP contribution in [-0.2, 0) is 9.53 Å². The van der Waals surface area contributed by atoms with Crippen LogP contribution in [-0.4, -0.2) is 29.1 Å². The van der Waals surface area contributed by atoms with Crippen molar-refractivity contribution in [3.05, 3.63) is 111 Å². The number of halogens is 1. The fourth-order valence-electron chi connectivity index (χ4n) is 4.00. The van der Waals surface area contributed by atoms with Gasteiger partial charge >= 0.3 is 11.6 Å². The molecule has 0 saturated carbocycles. The maximum atomic E-state index is 13.7. The number of Topliss-reactive ketones (excluding diaryl/α,β-unsaturated/α-hetero) is 2. The lowest BCUT2D eigenvalue weighted by atomic mass is 9.79. The number of hydrogen-bond acceptors (Lipinski definition) is 7. The third-order valence-electron chi connectivity index (χ3n) is 5.71. The van der Waals surface area contributed by atoms with Gasteiger partial charge in [-0.15, -0.1) is 0 Å². The summed E-state index contributed by atoms with van der Waals surface area (Å²) >= 11 is 5.99. The molecule has 0 fully saturated rings. The molecule has 0 bridgehead atoms. The highest BCUT2D eigenvalue weighted by Gasteiger charge is 2.41. The van der Waals surface area contributed by atoms with Gasteiger partial charge in [0, 0.05) is 34.6 Å². The first-order valence-electron chi connectivity index (χ1n) is 11.3. The minimum Gasteiger partial charge on any atom is -0.465 e. The van der Waals surface area contributed by atoms with E-state index in [0.29, 0.717) is 10.6 Å². The normalized spacial score (nSPS) is 12.6. The minimum absolute atomic E-state index is 0.00271. The second-order valence-electron chi connectivity index (χ2n) is 8.06. The second kappa shape index (κ2) is 11.1. The van der Waals surface area contributed by atoms with Crippen LogP contribution in [0.1, 0.15) is 45.7 Å². The number of carbonyl (C=O) groups is 3. The van der Waals surface area contributed by atoms with Crippen LogP contribution >= 0.6 is 11.6 Å². The molecular weight excluding hydrogens is 482 g/mol. The predicted octanol–water partition coefficient (Wildman–Crippen LogP) is 5.26. The van der Waals surface area contributed by atoms with E-state index < -0.39 is 29.2 Å². The van der Waals surface area contributed by atoms with Gasteiger partial charge in [-0.25, -0.2) is 9.78 Å². The molecule has 0 radical (unpaired) electrons. The quantitative estimate of drug-likeness (QED) is 0.226. The zero-order chi connectivity index (χ0) is 25.7. The lowest BCUT2D eigenvalue weighted by molar-refractivity contribution is -0.146. The average Bonchev–Trinajstić information content (AvgIpc) is 2.89. The molecular formula is C28H22ClNO6. The van der Waals surface area contributed by atoms with Crippen LogP contribution in [0.5, 0.6) is 0 Å². The fraction of sp³-hybridized carbons (Fsp3) is 0.179. The number of carbonyl (C=O) groups excluding carboxylic acids is 3. The van der Waals surface area contributed by atoms with E-state index in [1.807, 2.05) is 0 Å². The van der Waals surface area contributed by atoms with Gasteiger partial charge in [0.05, 0.1) is 6.61 Å². The van der Waals surface area contributed by atoms with Crippen LogP contribution in [0.25, 0.3) is 11.1 Å². The molecule has 0 aliphatic carbocycles. The van der Waals surface area contributed by atoms with Crippen molar-refractivity contribution in [3.8, 4) is 0 Å². The Hall–Kier alpha value is -4.10. The van der Waals surface area contributed by atoms with Gasteiger partial charge in [-0.3, -0.25) is 14.4 Å². The molecule has 0 amide bonds. The van der Waals surface area contributed by atoms with Crippen LogP contribution in [0.2, 0.25) is 5.02 Å². The maximum absolute atomic E-state index is 13.7. The first-order chi connectivity index (χ1) is 17.4. The Labute approximate surface area is 211 Å². The number of rotatable bonds is 9. The summed E-state index contributed by atoms with van der Waals surface area (Å²) in [6.45, 7) is 1.61. The van der Waals surface area contributed by atoms with Gasteiger partial charge in [0.25, 0.3) is 0 Å². The van der Waals surface area contributed by atoms with Crippen LogP contribution < -0.4 is 5.63 Å². The summed E-state index contributed by atoms with van der Waals surface area (Å²) in [6, 6.07) is 21.2. The molecule has 0 aliphatic rings. The summed E-state index contributed by atoms with van der Waals surface area (Å²) in [6.07, 6.45) is -0.346. The van der Waals surface area contributed by atoms with Gasteiger partial charge in [0.15, 0.2) is 17.1 Å². The molecule has 1 heterocycles. The van der Waals surface area contributed by atoms with Crippen molar-refractivity contribution < 1.29 is 23.5 Å². The van der Waals surface area contributed by atoms with Gasteiger partial charge in [0.1, 0.15) is 17.1 Å². The number of fused-ring (bicyclic) bond motifs is 1. The van der Waals surface area contributed by atoms with Crippen LogP contribution in [0.3, 0.4) is 0 Å². The van der Waals surface area contributed by atoms with Crippen molar-refractivity contribution in [1.29, 1.82) is 0 Å². The van der Waals surface area contributed by atoms with Crippen LogP contribution in [0, 0.1) is 5.92 Å². The number of ether oxygens (including phenoxy) is 1. The highest BCUT2D eigenvalue weighted by molar-refractivity contribution is 6.31. The monoisotopic (exact) mass is 503 g/mol. The van der Waals surface area contributed by atoms with Crippen molar-refractivity contribution in [2.24, 2.45) is 5.92 Å². The molecule has 182 valence electrons. The van der Waals surface area contributed by atoms with Crippen molar-refractivity contribution in [3.63, 3.8) is 0 Å². The number of ketones is 2. The van der Waals surface area contributed by atoms with Gasteiger partial charge < -0.3 is 9.15 Å². The summed E-state index contributed by atoms with van der Waals surface area (Å²) in [4.78, 5) is 57.6. The number of nitrogens with zero attached hydrogens (tertiary/aromatic N) is 1. The summed E-state index contributed by atoms with van der Waals surface area (Å²) < 4.78 is 10.7. The number of benzene rings is 3. The van der Waals surface area contributed by atoms with Gasteiger partial charge in [-0.1, -0.05) is 72.3 Å². The molecule has 2 atom stereocenters. The number of esters is 1. The van der Waals surface area contributed by atoms with Gasteiger partial charge in [-0.2, -0.15) is 0 Å².